The first-order valence-corrected chi connectivity index (χ1v) is 6.51. The van der Waals surface area contributed by atoms with Crippen molar-refractivity contribution in [3.05, 3.63) is 29.1 Å². The van der Waals surface area contributed by atoms with E-state index < -0.39 is 12.0 Å². The average molecular weight is 260 g/mol. The normalized spacial score (nSPS) is 13.2. The molecule has 0 amide bonds. The molecule has 1 heterocycles. The summed E-state index contributed by atoms with van der Waals surface area (Å²) in [5.41, 5.74) is 4.10. The molecule has 1 atom stereocenters. The zero-order valence-electron chi connectivity index (χ0n) is 12.1. The van der Waals surface area contributed by atoms with Crippen molar-refractivity contribution in [2.75, 3.05) is 0 Å². The molecular formula is C15H20N2O2. The van der Waals surface area contributed by atoms with Crippen molar-refractivity contribution in [2.24, 2.45) is 5.92 Å². The predicted molar refractivity (Wildman–Crippen MR) is 75.5 cm³/mol. The highest BCUT2D eigenvalue weighted by atomic mass is 16.4. The second kappa shape index (κ2) is 4.68. The molecule has 0 spiro atoms. The molecule has 102 valence electrons. The molecule has 0 saturated carbocycles. The van der Waals surface area contributed by atoms with Gasteiger partial charge in [-0.15, -0.1) is 0 Å². The Balaban J connectivity index is 2.75. The van der Waals surface area contributed by atoms with Crippen LogP contribution in [0.25, 0.3) is 11.0 Å². The van der Waals surface area contributed by atoms with Crippen LogP contribution in [0.5, 0.6) is 0 Å². The van der Waals surface area contributed by atoms with Crippen LogP contribution in [-0.4, -0.2) is 20.6 Å². The second-order valence-corrected chi connectivity index (χ2v) is 5.48. The van der Waals surface area contributed by atoms with E-state index in [0.717, 1.165) is 22.4 Å². The van der Waals surface area contributed by atoms with Crippen LogP contribution in [0.4, 0.5) is 0 Å². The van der Waals surface area contributed by atoms with Gasteiger partial charge in [-0.2, -0.15) is 0 Å². The quantitative estimate of drug-likeness (QED) is 0.921. The highest BCUT2D eigenvalue weighted by molar-refractivity contribution is 5.81. The predicted octanol–water partition coefficient (Wildman–Crippen LogP) is 3.24. The third-order valence-electron chi connectivity index (χ3n) is 3.64. The number of benzene rings is 1. The van der Waals surface area contributed by atoms with Gasteiger partial charge in [0.05, 0.1) is 11.0 Å². The van der Waals surface area contributed by atoms with E-state index in [1.54, 1.807) is 0 Å². The van der Waals surface area contributed by atoms with Gasteiger partial charge in [-0.25, -0.2) is 9.78 Å². The maximum absolute atomic E-state index is 11.5. The smallest absolute Gasteiger partial charge is 0.327 e. The fourth-order valence-electron chi connectivity index (χ4n) is 2.52. The van der Waals surface area contributed by atoms with Gasteiger partial charge in [0.25, 0.3) is 0 Å². The van der Waals surface area contributed by atoms with E-state index in [4.69, 9.17) is 0 Å². The van der Waals surface area contributed by atoms with Gasteiger partial charge in [0.2, 0.25) is 0 Å². The molecule has 4 heteroatoms. The van der Waals surface area contributed by atoms with E-state index >= 15 is 0 Å². The number of rotatable bonds is 3. The van der Waals surface area contributed by atoms with E-state index in [1.165, 1.54) is 5.56 Å². The maximum Gasteiger partial charge on any atom is 0.327 e. The summed E-state index contributed by atoms with van der Waals surface area (Å²) >= 11 is 0. The maximum atomic E-state index is 11.5. The van der Waals surface area contributed by atoms with Crippen molar-refractivity contribution < 1.29 is 9.90 Å². The van der Waals surface area contributed by atoms with Crippen molar-refractivity contribution in [3.8, 4) is 0 Å². The van der Waals surface area contributed by atoms with E-state index in [2.05, 4.69) is 4.98 Å². The zero-order chi connectivity index (χ0) is 14.3. The topological polar surface area (TPSA) is 55.1 Å². The Morgan fingerprint density at radius 3 is 2.32 bits per heavy atom. The van der Waals surface area contributed by atoms with E-state index in [9.17, 15) is 9.90 Å². The summed E-state index contributed by atoms with van der Waals surface area (Å²) < 4.78 is 1.84. The Morgan fingerprint density at radius 2 is 1.79 bits per heavy atom. The number of carboxylic acids is 1. The fraction of sp³-hybridized carbons (Fsp3) is 0.467. The number of imidazole rings is 1. The number of fused-ring (bicyclic) bond motifs is 1. The monoisotopic (exact) mass is 260 g/mol. The lowest BCUT2D eigenvalue weighted by atomic mass is 10.0. The molecule has 1 aromatic carbocycles. The van der Waals surface area contributed by atoms with Crippen LogP contribution in [0.3, 0.4) is 0 Å². The molecule has 2 aromatic rings. The SMILES string of the molecule is Cc1cc2nc(C)n(C(C(=O)O)C(C)C)c2cc1C. The first-order valence-electron chi connectivity index (χ1n) is 6.51. The van der Waals surface area contributed by atoms with Gasteiger partial charge < -0.3 is 9.67 Å². The highest BCUT2D eigenvalue weighted by Crippen LogP contribution is 2.28. The van der Waals surface area contributed by atoms with Crippen LogP contribution in [0, 0.1) is 26.7 Å². The molecular weight excluding hydrogens is 240 g/mol. The largest absolute Gasteiger partial charge is 0.480 e. The van der Waals surface area contributed by atoms with Gasteiger partial charge in [0.1, 0.15) is 11.9 Å². The highest BCUT2D eigenvalue weighted by Gasteiger charge is 2.27. The van der Waals surface area contributed by atoms with Gasteiger partial charge in [0, 0.05) is 0 Å². The molecule has 0 fully saturated rings. The lowest BCUT2D eigenvalue weighted by molar-refractivity contribution is -0.142. The van der Waals surface area contributed by atoms with Crippen molar-refractivity contribution in [1.29, 1.82) is 0 Å². The van der Waals surface area contributed by atoms with Gasteiger partial charge in [-0.1, -0.05) is 13.8 Å². The first-order chi connectivity index (χ1) is 8.82. The molecule has 0 saturated heterocycles. The summed E-state index contributed by atoms with van der Waals surface area (Å²) in [6, 6.07) is 3.48. The van der Waals surface area contributed by atoms with Crippen molar-refractivity contribution in [2.45, 2.75) is 40.7 Å². The molecule has 4 nitrogen and oxygen atoms in total. The van der Waals surface area contributed by atoms with Crippen LogP contribution in [0.1, 0.15) is 36.8 Å². The summed E-state index contributed by atoms with van der Waals surface area (Å²) in [5.74, 6) is -0.0491. The van der Waals surface area contributed by atoms with Gasteiger partial charge in [-0.3, -0.25) is 0 Å². The number of hydrogen-bond acceptors (Lipinski definition) is 2. The van der Waals surface area contributed by atoms with Crippen LogP contribution in [-0.2, 0) is 4.79 Å². The van der Waals surface area contributed by atoms with Gasteiger partial charge in [0.15, 0.2) is 0 Å². The summed E-state index contributed by atoms with van der Waals surface area (Å²) in [7, 11) is 0. The number of nitrogens with zero attached hydrogens (tertiary/aromatic N) is 2. The molecule has 1 unspecified atom stereocenters. The third kappa shape index (κ3) is 2.23. The van der Waals surface area contributed by atoms with E-state index in [1.807, 2.05) is 51.3 Å². The zero-order valence-corrected chi connectivity index (χ0v) is 12.1. The second-order valence-electron chi connectivity index (χ2n) is 5.48. The number of carboxylic acid groups (broad SMARTS) is 1. The summed E-state index contributed by atoms with van der Waals surface area (Å²) in [5, 5.41) is 9.47. The minimum Gasteiger partial charge on any atom is -0.480 e. The first kappa shape index (κ1) is 13.6. The van der Waals surface area contributed by atoms with Crippen molar-refractivity contribution in [1.82, 2.24) is 9.55 Å². The minimum atomic E-state index is -0.810. The molecule has 19 heavy (non-hydrogen) atoms. The minimum absolute atomic E-state index is 0.00945. The molecule has 0 bridgehead atoms. The Morgan fingerprint density at radius 1 is 1.21 bits per heavy atom. The summed E-state index contributed by atoms with van der Waals surface area (Å²) in [6.45, 7) is 9.78. The molecule has 0 radical (unpaired) electrons. The average Bonchev–Trinajstić information content (AvgIpc) is 2.56. The van der Waals surface area contributed by atoms with E-state index in [0.29, 0.717) is 0 Å². The Bertz CT molecular complexity index is 641. The molecule has 2 rings (SSSR count). The lowest BCUT2D eigenvalue weighted by Gasteiger charge is -2.20. The Labute approximate surface area is 113 Å². The van der Waals surface area contributed by atoms with Crippen LogP contribution >= 0.6 is 0 Å². The number of hydrogen-bond donors (Lipinski definition) is 1. The molecule has 0 aliphatic heterocycles. The number of aromatic nitrogens is 2. The van der Waals surface area contributed by atoms with Gasteiger partial charge >= 0.3 is 5.97 Å². The molecule has 0 aliphatic rings. The van der Waals surface area contributed by atoms with Crippen molar-refractivity contribution >= 4 is 17.0 Å². The van der Waals surface area contributed by atoms with Crippen LogP contribution in [0.2, 0.25) is 0 Å². The lowest BCUT2D eigenvalue weighted by Crippen LogP contribution is -2.25. The van der Waals surface area contributed by atoms with Gasteiger partial charge in [-0.05, 0) is 49.9 Å². The molecule has 1 N–H and O–H groups in total. The van der Waals surface area contributed by atoms with Crippen LogP contribution < -0.4 is 0 Å². The Kier molecular flexibility index (Phi) is 3.35. The Hall–Kier alpha value is -1.84. The van der Waals surface area contributed by atoms with Crippen molar-refractivity contribution in [3.63, 3.8) is 0 Å². The standard InChI is InChI=1S/C15H20N2O2/c1-8(2)14(15(18)19)17-11(5)16-12-6-9(3)10(4)7-13(12)17/h6-8,14H,1-5H3,(H,18,19). The third-order valence-corrected chi connectivity index (χ3v) is 3.64. The van der Waals surface area contributed by atoms with Crippen LogP contribution in [0.15, 0.2) is 12.1 Å². The van der Waals surface area contributed by atoms with E-state index in [-0.39, 0.29) is 5.92 Å². The summed E-state index contributed by atoms with van der Waals surface area (Å²) in [6.07, 6.45) is 0. The molecule has 0 aliphatic carbocycles. The number of aliphatic carboxylic acids is 1. The molecule has 1 aromatic heterocycles. The fourth-order valence-corrected chi connectivity index (χ4v) is 2.52. The summed E-state index contributed by atoms with van der Waals surface area (Å²) in [4.78, 5) is 16.0. The number of carbonyl (C=O) groups is 1. The number of aryl methyl sites for hydroxylation is 3.